The molecule has 1 fully saturated rings. The van der Waals surface area contributed by atoms with Crippen LogP contribution >= 0.6 is 0 Å². The SMILES string of the molecule is CON1C(=O)Cc2cccc3c2[C@]12CCCC[C@H]2O3. The van der Waals surface area contributed by atoms with E-state index in [0.717, 1.165) is 37.0 Å². The van der Waals surface area contributed by atoms with Crippen molar-refractivity contribution in [3.63, 3.8) is 0 Å². The van der Waals surface area contributed by atoms with E-state index in [4.69, 9.17) is 9.57 Å². The average molecular weight is 259 g/mol. The number of rotatable bonds is 1. The molecule has 0 bridgehead atoms. The Balaban J connectivity index is 1.98. The Bertz CT molecular complexity index is 556. The van der Waals surface area contributed by atoms with Crippen molar-refractivity contribution in [2.24, 2.45) is 0 Å². The number of amides is 1. The van der Waals surface area contributed by atoms with E-state index in [0.29, 0.717) is 6.42 Å². The van der Waals surface area contributed by atoms with E-state index < -0.39 is 0 Å². The summed E-state index contributed by atoms with van der Waals surface area (Å²) in [6.45, 7) is 0. The van der Waals surface area contributed by atoms with Gasteiger partial charge in [-0.1, -0.05) is 18.6 Å². The zero-order chi connectivity index (χ0) is 13.0. The molecule has 1 aromatic carbocycles. The molecule has 1 aliphatic carbocycles. The molecule has 1 saturated carbocycles. The van der Waals surface area contributed by atoms with Crippen LogP contribution in [0.25, 0.3) is 0 Å². The lowest BCUT2D eigenvalue weighted by atomic mass is 9.71. The lowest BCUT2D eigenvalue weighted by Crippen LogP contribution is -2.59. The second-order valence-corrected chi connectivity index (χ2v) is 5.61. The van der Waals surface area contributed by atoms with Crippen molar-refractivity contribution in [1.29, 1.82) is 0 Å². The van der Waals surface area contributed by atoms with Crippen LogP contribution in [-0.4, -0.2) is 24.2 Å². The fourth-order valence-electron chi connectivity index (χ4n) is 4.09. The summed E-state index contributed by atoms with van der Waals surface area (Å²) >= 11 is 0. The van der Waals surface area contributed by atoms with Crippen molar-refractivity contribution in [3.05, 3.63) is 29.3 Å². The Kier molecular flexibility index (Phi) is 2.22. The van der Waals surface area contributed by atoms with Gasteiger partial charge in [0.15, 0.2) is 0 Å². The van der Waals surface area contributed by atoms with E-state index in [9.17, 15) is 4.79 Å². The second kappa shape index (κ2) is 3.73. The van der Waals surface area contributed by atoms with Gasteiger partial charge in [0.1, 0.15) is 17.4 Å². The lowest BCUT2D eigenvalue weighted by Gasteiger charge is -2.47. The molecule has 4 heteroatoms. The highest BCUT2D eigenvalue weighted by atomic mass is 16.7. The van der Waals surface area contributed by atoms with Gasteiger partial charge in [0.05, 0.1) is 13.5 Å². The quantitative estimate of drug-likeness (QED) is 0.775. The molecule has 0 aromatic heterocycles. The molecule has 19 heavy (non-hydrogen) atoms. The third-order valence-corrected chi connectivity index (χ3v) is 4.73. The van der Waals surface area contributed by atoms with Gasteiger partial charge in [0.25, 0.3) is 5.91 Å². The fraction of sp³-hybridized carbons (Fsp3) is 0.533. The number of hydrogen-bond acceptors (Lipinski definition) is 3. The predicted octanol–water partition coefficient (Wildman–Crippen LogP) is 2.16. The van der Waals surface area contributed by atoms with Crippen molar-refractivity contribution < 1.29 is 14.4 Å². The van der Waals surface area contributed by atoms with E-state index >= 15 is 0 Å². The first-order valence-electron chi connectivity index (χ1n) is 6.93. The van der Waals surface area contributed by atoms with Crippen LogP contribution in [0.1, 0.15) is 36.8 Å². The van der Waals surface area contributed by atoms with Crippen molar-refractivity contribution in [2.75, 3.05) is 7.11 Å². The molecule has 100 valence electrons. The van der Waals surface area contributed by atoms with Gasteiger partial charge in [-0.15, -0.1) is 0 Å². The van der Waals surface area contributed by atoms with Crippen molar-refractivity contribution in [1.82, 2.24) is 5.06 Å². The maximum atomic E-state index is 12.4. The molecule has 0 radical (unpaired) electrons. The topological polar surface area (TPSA) is 38.8 Å². The van der Waals surface area contributed by atoms with E-state index in [2.05, 4.69) is 0 Å². The molecule has 1 aromatic rings. The first-order valence-corrected chi connectivity index (χ1v) is 6.93. The van der Waals surface area contributed by atoms with Gasteiger partial charge in [-0.2, -0.15) is 0 Å². The number of benzene rings is 1. The molecular weight excluding hydrogens is 242 g/mol. The van der Waals surface area contributed by atoms with E-state index in [1.54, 1.807) is 12.2 Å². The molecule has 0 saturated heterocycles. The van der Waals surface area contributed by atoms with Crippen molar-refractivity contribution in [3.8, 4) is 5.75 Å². The minimum absolute atomic E-state index is 0.0431. The molecular formula is C15H17NO3. The average Bonchev–Trinajstić information content (AvgIpc) is 2.75. The number of hydroxylamine groups is 2. The highest BCUT2D eigenvalue weighted by Crippen LogP contribution is 2.55. The van der Waals surface area contributed by atoms with Crippen molar-refractivity contribution >= 4 is 5.91 Å². The van der Waals surface area contributed by atoms with Gasteiger partial charge in [-0.05, 0) is 30.9 Å². The minimum atomic E-state index is -0.381. The van der Waals surface area contributed by atoms with E-state index in [-0.39, 0.29) is 17.6 Å². The highest BCUT2D eigenvalue weighted by Gasteiger charge is 2.59. The standard InChI is InChI=1S/C15H17NO3/c1-18-16-13(17)9-10-5-4-6-11-14(10)15(16)8-3-2-7-12(15)19-11/h4-6,12H,2-3,7-9H2,1H3/t12-,15-/m1/s1. The van der Waals surface area contributed by atoms with Crippen molar-refractivity contribution in [2.45, 2.75) is 43.7 Å². The number of ether oxygens (including phenoxy) is 1. The van der Waals surface area contributed by atoms with Crippen LogP contribution in [0.4, 0.5) is 0 Å². The second-order valence-electron chi connectivity index (χ2n) is 5.61. The maximum absolute atomic E-state index is 12.4. The summed E-state index contributed by atoms with van der Waals surface area (Å²) < 4.78 is 6.13. The Hall–Kier alpha value is -1.55. The first kappa shape index (κ1) is 11.3. The molecule has 0 N–H and O–H groups in total. The number of carbonyl (C=O) groups excluding carboxylic acids is 1. The number of hydrogen-bond donors (Lipinski definition) is 0. The molecule has 4 nitrogen and oxygen atoms in total. The summed E-state index contributed by atoms with van der Waals surface area (Å²) in [6.07, 6.45) is 4.64. The van der Waals surface area contributed by atoms with Crippen LogP contribution in [0.3, 0.4) is 0 Å². The van der Waals surface area contributed by atoms with Crippen LogP contribution in [0.2, 0.25) is 0 Å². The molecule has 1 spiro atoms. The Labute approximate surface area is 112 Å². The molecule has 4 rings (SSSR count). The fourth-order valence-corrected chi connectivity index (χ4v) is 4.09. The van der Waals surface area contributed by atoms with Gasteiger partial charge in [-0.25, -0.2) is 5.06 Å². The van der Waals surface area contributed by atoms with Crippen LogP contribution in [-0.2, 0) is 21.6 Å². The summed E-state index contributed by atoms with van der Waals surface area (Å²) in [5, 5.41) is 1.59. The summed E-state index contributed by atoms with van der Waals surface area (Å²) in [5.41, 5.74) is 1.93. The normalized spacial score (nSPS) is 31.7. The molecule has 2 atom stereocenters. The third-order valence-electron chi connectivity index (χ3n) is 4.73. The minimum Gasteiger partial charge on any atom is -0.487 e. The maximum Gasteiger partial charge on any atom is 0.251 e. The Morgan fingerprint density at radius 3 is 3.16 bits per heavy atom. The van der Waals surface area contributed by atoms with Gasteiger partial charge in [0, 0.05) is 5.56 Å². The highest BCUT2D eigenvalue weighted by molar-refractivity contribution is 5.83. The van der Waals surface area contributed by atoms with Crippen LogP contribution in [0.15, 0.2) is 18.2 Å². The molecule has 2 aliphatic heterocycles. The molecule has 1 amide bonds. The summed E-state index contributed by atoms with van der Waals surface area (Å²) in [5.74, 6) is 0.989. The van der Waals surface area contributed by atoms with Gasteiger partial charge >= 0.3 is 0 Å². The zero-order valence-corrected chi connectivity index (χ0v) is 11.0. The van der Waals surface area contributed by atoms with Crippen LogP contribution in [0, 0.1) is 0 Å². The summed E-state index contributed by atoms with van der Waals surface area (Å²) in [4.78, 5) is 17.8. The third kappa shape index (κ3) is 1.25. The smallest absolute Gasteiger partial charge is 0.251 e. The largest absolute Gasteiger partial charge is 0.487 e. The predicted molar refractivity (Wildman–Crippen MR) is 68.6 cm³/mol. The van der Waals surface area contributed by atoms with Gasteiger partial charge in [0.2, 0.25) is 0 Å². The zero-order valence-electron chi connectivity index (χ0n) is 11.0. The van der Waals surface area contributed by atoms with Crippen LogP contribution in [0.5, 0.6) is 5.75 Å². The lowest BCUT2D eigenvalue weighted by molar-refractivity contribution is -0.232. The van der Waals surface area contributed by atoms with Gasteiger partial charge in [-0.3, -0.25) is 9.63 Å². The monoisotopic (exact) mass is 259 g/mol. The Morgan fingerprint density at radius 1 is 1.42 bits per heavy atom. The summed E-state index contributed by atoms with van der Waals surface area (Å²) in [6, 6.07) is 6.04. The number of carbonyl (C=O) groups is 1. The Morgan fingerprint density at radius 2 is 2.32 bits per heavy atom. The molecule has 2 heterocycles. The van der Waals surface area contributed by atoms with E-state index in [1.807, 2.05) is 18.2 Å². The summed E-state index contributed by atoms with van der Waals surface area (Å²) in [7, 11) is 1.59. The van der Waals surface area contributed by atoms with Gasteiger partial charge < -0.3 is 4.74 Å². The molecule has 3 aliphatic rings. The number of nitrogens with zero attached hydrogens (tertiary/aromatic N) is 1. The molecule has 0 unspecified atom stereocenters. The van der Waals surface area contributed by atoms with E-state index in [1.165, 1.54) is 5.56 Å². The first-order chi connectivity index (χ1) is 9.27. The van der Waals surface area contributed by atoms with Crippen LogP contribution < -0.4 is 4.74 Å².